The third-order valence-electron chi connectivity index (χ3n) is 3.89. The van der Waals surface area contributed by atoms with E-state index in [0.29, 0.717) is 0 Å². The highest BCUT2D eigenvalue weighted by Crippen LogP contribution is 2.29. The number of rotatable bonds is 8. The summed E-state index contributed by atoms with van der Waals surface area (Å²) in [5, 5.41) is 15.3. The maximum atomic E-state index is 12.7. The monoisotopic (exact) mass is 432 g/mol. The molecule has 0 aliphatic carbocycles. The van der Waals surface area contributed by atoms with E-state index in [2.05, 4.69) is 28.3 Å². The smallest absolute Gasteiger partial charge is 0.350 e. The van der Waals surface area contributed by atoms with Gasteiger partial charge in [0.25, 0.3) is 11.8 Å². The maximum Gasteiger partial charge on any atom is 0.350 e. The van der Waals surface area contributed by atoms with Crippen molar-refractivity contribution in [3.8, 4) is 0 Å². The quantitative estimate of drug-likeness (QED) is 0.0840. The minimum atomic E-state index is -1.70. The van der Waals surface area contributed by atoms with Crippen molar-refractivity contribution in [2.24, 2.45) is 15.9 Å². The van der Waals surface area contributed by atoms with Crippen molar-refractivity contribution in [2.45, 2.75) is 38.1 Å². The summed E-state index contributed by atoms with van der Waals surface area (Å²) in [5.41, 5.74) is 3.67. The number of hydrogen-bond acceptors (Lipinski definition) is 11. The molecule has 2 aliphatic rings. The first-order valence-electron chi connectivity index (χ1n) is 7.90. The van der Waals surface area contributed by atoms with Gasteiger partial charge in [0.2, 0.25) is 5.60 Å². The van der Waals surface area contributed by atoms with Gasteiger partial charge in [-0.2, -0.15) is 0 Å². The first-order chi connectivity index (χ1) is 13.0. The van der Waals surface area contributed by atoms with Crippen LogP contribution in [-0.4, -0.2) is 72.5 Å². The third kappa shape index (κ3) is 4.40. The van der Waals surface area contributed by atoms with E-state index in [4.69, 9.17) is 15.7 Å². The number of carboxylic acid groups (broad SMARTS) is 1. The lowest BCUT2D eigenvalue weighted by Crippen LogP contribution is -2.72. The third-order valence-corrected chi connectivity index (χ3v) is 4.69. The van der Waals surface area contributed by atoms with Gasteiger partial charge >= 0.3 is 5.97 Å². The van der Waals surface area contributed by atoms with E-state index in [0.717, 1.165) is 4.31 Å². The predicted molar refractivity (Wildman–Crippen MR) is 104 cm³/mol. The SMILES string of the molecule is CN(S)C1C(NC(=O)/C(=N\OC(C)(C)C(=O)O)C2=CCC(N)=N2)C(=O)N1SO. The second kappa shape index (κ2) is 8.38. The molecule has 0 spiro atoms. The maximum absolute atomic E-state index is 12.7. The van der Waals surface area contributed by atoms with Crippen molar-refractivity contribution in [1.82, 2.24) is 13.9 Å². The average molecular weight is 432 g/mol. The van der Waals surface area contributed by atoms with Crippen molar-refractivity contribution in [2.75, 3.05) is 7.05 Å². The van der Waals surface area contributed by atoms with E-state index in [1.165, 1.54) is 24.2 Å². The molecule has 28 heavy (non-hydrogen) atoms. The van der Waals surface area contributed by atoms with Gasteiger partial charge in [0.1, 0.15) is 30.3 Å². The highest BCUT2D eigenvalue weighted by molar-refractivity contribution is 7.92. The number of nitrogens with one attached hydrogen (secondary N) is 1. The van der Waals surface area contributed by atoms with Crippen molar-refractivity contribution < 1.29 is 28.9 Å². The lowest BCUT2D eigenvalue weighted by atomic mass is 10.1. The number of hydrogen-bond donors (Lipinski definition) is 5. The molecule has 0 aromatic carbocycles. The van der Waals surface area contributed by atoms with Crippen molar-refractivity contribution in [3.63, 3.8) is 0 Å². The molecule has 1 saturated heterocycles. The molecule has 0 aromatic heterocycles. The van der Waals surface area contributed by atoms with Crippen LogP contribution in [0.1, 0.15) is 20.3 Å². The Balaban J connectivity index is 2.25. The number of carbonyl (C=O) groups is 3. The van der Waals surface area contributed by atoms with Crippen LogP contribution in [0, 0.1) is 0 Å². The molecule has 2 aliphatic heterocycles. The Hall–Kier alpha value is -2.29. The van der Waals surface area contributed by atoms with E-state index in [1.807, 2.05) is 0 Å². The molecule has 2 heterocycles. The Morgan fingerprint density at radius 1 is 1.57 bits per heavy atom. The fourth-order valence-electron chi connectivity index (χ4n) is 2.25. The number of aliphatic imine (C=N–C) groups is 1. The molecule has 5 N–H and O–H groups in total. The molecule has 154 valence electrons. The zero-order valence-electron chi connectivity index (χ0n) is 15.2. The lowest BCUT2D eigenvalue weighted by molar-refractivity contribution is -0.161. The van der Waals surface area contributed by atoms with Crippen LogP contribution < -0.4 is 11.1 Å². The van der Waals surface area contributed by atoms with Crippen molar-refractivity contribution in [1.29, 1.82) is 0 Å². The number of amides is 2. The summed E-state index contributed by atoms with van der Waals surface area (Å²) in [5.74, 6) is -2.43. The van der Waals surface area contributed by atoms with Crippen LogP contribution in [-0.2, 0) is 19.2 Å². The summed E-state index contributed by atoms with van der Waals surface area (Å²) in [6.07, 6.45) is 1.08. The summed E-state index contributed by atoms with van der Waals surface area (Å²) in [6, 6.07) is -1.02. The van der Waals surface area contributed by atoms with Gasteiger partial charge in [0, 0.05) is 6.42 Å². The van der Waals surface area contributed by atoms with Crippen LogP contribution in [0.2, 0.25) is 0 Å². The van der Waals surface area contributed by atoms with Gasteiger partial charge < -0.3 is 25.5 Å². The Kier molecular flexibility index (Phi) is 6.59. The van der Waals surface area contributed by atoms with Crippen LogP contribution in [0.3, 0.4) is 0 Å². The van der Waals surface area contributed by atoms with E-state index < -0.39 is 35.6 Å². The second-order valence-corrected chi connectivity index (χ2v) is 7.62. The van der Waals surface area contributed by atoms with E-state index >= 15 is 0 Å². The Labute approximate surface area is 170 Å². The van der Waals surface area contributed by atoms with Crippen LogP contribution in [0.25, 0.3) is 0 Å². The largest absolute Gasteiger partial charge is 0.478 e. The van der Waals surface area contributed by atoms with Gasteiger partial charge in [-0.15, -0.1) is 0 Å². The summed E-state index contributed by atoms with van der Waals surface area (Å²) < 4.78 is 11.5. The molecule has 0 bridgehead atoms. The number of amidine groups is 1. The molecule has 1 fully saturated rings. The fourth-order valence-corrected chi connectivity index (χ4v) is 3.11. The second-order valence-electron chi connectivity index (χ2n) is 6.43. The Morgan fingerprint density at radius 2 is 2.21 bits per heavy atom. The molecule has 0 saturated carbocycles. The Bertz CT molecular complexity index is 780. The summed E-state index contributed by atoms with van der Waals surface area (Å²) in [7, 11) is 1.54. The molecule has 0 aromatic rings. The van der Waals surface area contributed by atoms with Gasteiger partial charge in [-0.1, -0.05) is 18.0 Å². The number of aliphatic carboxylic acids is 1. The molecule has 2 atom stereocenters. The molecule has 12 nitrogen and oxygen atoms in total. The van der Waals surface area contributed by atoms with Crippen LogP contribution in [0.15, 0.2) is 21.9 Å². The number of oxime groups is 1. The van der Waals surface area contributed by atoms with E-state index in [1.54, 1.807) is 7.05 Å². The molecule has 2 amide bonds. The van der Waals surface area contributed by atoms with Crippen LogP contribution >= 0.6 is 25.0 Å². The highest BCUT2D eigenvalue weighted by Gasteiger charge is 2.51. The van der Waals surface area contributed by atoms with Gasteiger partial charge in [-0.25, -0.2) is 18.4 Å². The van der Waals surface area contributed by atoms with Gasteiger partial charge in [0.05, 0.1) is 5.70 Å². The zero-order chi connectivity index (χ0) is 21.2. The molecule has 2 rings (SSSR count). The first kappa shape index (κ1) is 22.0. The number of nitrogens with two attached hydrogens (primary N) is 1. The number of nitrogens with zero attached hydrogens (tertiary/aromatic N) is 4. The topological polar surface area (TPSA) is 170 Å². The summed E-state index contributed by atoms with van der Waals surface area (Å²) in [4.78, 5) is 45.0. The minimum Gasteiger partial charge on any atom is -0.478 e. The van der Waals surface area contributed by atoms with Gasteiger partial charge in [-0.05, 0) is 27.0 Å². The van der Waals surface area contributed by atoms with Crippen LogP contribution in [0.5, 0.6) is 0 Å². The molecule has 2 unspecified atom stereocenters. The number of carboxylic acids is 1. The van der Waals surface area contributed by atoms with Gasteiger partial charge in [0.15, 0.2) is 5.71 Å². The first-order valence-corrected chi connectivity index (χ1v) is 9.03. The highest BCUT2D eigenvalue weighted by atomic mass is 32.2. The van der Waals surface area contributed by atoms with Crippen molar-refractivity contribution in [3.05, 3.63) is 11.8 Å². The van der Waals surface area contributed by atoms with Crippen LogP contribution in [0.4, 0.5) is 0 Å². The average Bonchev–Trinajstić information content (AvgIpc) is 3.02. The van der Waals surface area contributed by atoms with Crippen molar-refractivity contribution >= 4 is 54.4 Å². The number of thiol groups is 1. The molecule has 14 heteroatoms. The lowest BCUT2D eigenvalue weighted by Gasteiger charge is -2.46. The molecular formula is C14H20N6O6S2. The summed E-state index contributed by atoms with van der Waals surface area (Å²) in [6.45, 7) is 2.51. The fraction of sp³-hybridized carbons (Fsp3) is 0.500. The molecule has 0 radical (unpaired) electrons. The normalized spacial score (nSPS) is 22.6. The van der Waals surface area contributed by atoms with Gasteiger partial charge in [-0.3, -0.25) is 9.59 Å². The van der Waals surface area contributed by atoms with E-state index in [9.17, 15) is 18.9 Å². The number of β-lactam (4-membered cyclic amide) rings is 1. The predicted octanol–water partition coefficient (Wildman–Crippen LogP) is -0.582. The minimum absolute atomic E-state index is 0.0899. The number of carbonyl (C=O) groups excluding carboxylic acids is 2. The zero-order valence-corrected chi connectivity index (χ0v) is 16.9. The van der Waals surface area contributed by atoms with E-state index in [-0.39, 0.29) is 35.9 Å². The standard InChI is InChI=1S/C14H20N6O6S2/c1-14(2,13(23)24)26-18-8(6-4-5-7(15)16-6)10(21)17-9-11(19(3)27)20(28-25)12(9)22/h4,9,11,25,27H,5H2,1-3H3,(H2,15,16)(H,17,21)(H,23,24)/b18-8-. The number of likely N-dealkylation sites (N-methyl/N-ethyl adjacent to an activating group) is 1. The molecular weight excluding hydrogens is 412 g/mol. The summed E-state index contributed by atoms with van der Waals surface area (Å²) >= 11 is 4.32. The Morgan fingerprint density at radius 3 is 2.68 bits per heavy atom.